The van der Waals surface area contributed by atoms with E-state index in [0.717, 1.165) is 5.56 Å². The highest BCUT2D eigenvalue weighted by Crippen LogP contribution is 2.27. The first-order valence-electron chi connectivity index (χ1n) is 3.45. The van der Waals surface area contributed by atoms with E-state index >= 15 is 0 Å². The van der Waals surface area contributed by atoms with Crippen LogP contribution in [0.2, 0.25) is 0 Å². The van der Waals surface area contributed by atoms with Crippen LogP contribution in [0.5, 0.6) is 0 Å². The number of hydrogen-bond donors (Lipinski definition) is 0. The molecule has 0 radical (unpaired) electrons. The summed E-state index contributed by atoms with van der Waals surface area (Å²) in [4.78, 5) is -0.484. The van der Waals surface area contributed by atoms with Crippen molar-refractivity contribution in [3.05, 3.63) is 35.6 Å². The lowest BCUT2D eigenvalue weighted by Crippen LogP contribution is -2.07. The van der Waals surface area contributed by atoms with Crippen molar-refractivity contribution in [1.29, 1.82) is 0 Å². The van der Waals surface area contributed by atoms with Gasteiger partial charge in [-0.3, -0.25) is 0 Å². The van der Waals surface area contributed by atoms with E-state index in [-0.39, 0.29) is 5.82 Å². The Morgan fingerprint density at radius 1 is 1.36 bits per heavy atom. The third-order valence-corrected chi connectivity index (χ3v) is 1.73. The lowest BCUT2D eigenvalue weighted by molar-refractivity contribution is 0.620. The first-order valence-corrected chi connectivity index (χ1v) is 3.83. The summed E-state index contributed by atoms with van der Waals surface area (Å²) < 4.78 is 12.6. The quantitative estimate of drug-likeness (QED) is 0.571. The van der Waals surface area contributed by atoms with Crippen molar-refractivity contribution >= 4 is 11.6 Å². The minimum Gasteiger partial charge on any atom is -0.207 e. The summed E-state index contributed by atoms with van der Waals surface area (Å²) in [5.74, 6) is -0.240. The number of rotatable bonds is 1. The SMILES string of the molecule is CC(C)(Cl)c1cccc(F)c1. The summed E-state index contributed by atoms with van der Waals surface area (Å²) in [6.45, 7) is 3.67. The molecule has 0 fully saturated rings. The fourth-order valence-electron chi connectivity index (χ4n) is 0.858. The van der Waals surface area contributed by atoms with Gasteiger partial charge in [0.1, 0.15) is 5.82 Å². The molecule has 2 heteroatoms. The van der Waals surface area contributed by atoms with E-state index in [0.29, 0.717) is 0 Å². The Labute approximate surface area is 71.0 Å². The van der Waals surface area contributed by atoms with E-state index < -0.39 is 4.87 Å². The Morgan fingerprint density at radius 3 is 2.36 bits per heavy atom. The largest absolute Gasteiger partial charge is 0.207 e. The van der Waals surface area contributed by atoms with Crippen LogP contribution in [0.15, 0.2) is 24.3 Å². The van der Waals surface area contributed by atoms with E-state index in [9.17, 15) is 4.39 Å². The normalized spacial score (nSPS) is 11.6. The van der Waals surface area contributed by atoms with Crippen molar-refractivity contribution in [3.8, 4) is 0 Å². The molecule has 60 valence electrons. The molecular weight excluding hydrogens is 163 g/mol. The fourth-order valence-corrected chi connectivity index (χ4v) is 0.976. The zero-order valence-corrected chi connectivity index (χ0v) is 7.32. The van der Waals surface area contributed by atoms with E-state index in [1.807, 2.05) is 19.9 Å². The molecule has 0 amide bonds. The van der Waals surface area contributed by atoms with Gasteiger partial charge in [0.15, 0.2) is 0 Å². The fraction of sp³-hybridized carbons (Fsp3) is 0.333. The lowest BCUT2D eigenvalue weighted by atomic mass is 10.0. The van der Waals surface area contributed by atoms with Gasteiger partial charge in [0.2, 0.25) is 0 Å². The molecule has 0 aliphatic carbocycles. The first-order chi connectivity index (χ1) is 5.00. The average Bonchev–Trinajstić information content (AvgIpc) is 1.86. The standard InChI is InChI=1S/C9H10ClF/c1-9(2,10)7-4-3-5-8(11)6-7/h3-6H,1-2H3. The summed E-state index contributed by atoms with van der Waals surface area (Å²) in [6.07, 6.45) is 0. The van der Waals surface area contributed by atoms with Gasteiger partial charge in [0.25, 0.3) is 0 Å². The van der Waals surface area contributed by atoms with E-state index in [1.165, 1.54) is 12.1 Å². The minimum absolute atomic E-state index is 0.240. The summed E-state index contributed by atoms with van der Waals surface area (Å²) in [6, 6.07) is 6.34. The van der Waals surface area contributed by atoms with Crippen molar-refractivity contribution in [1.82, 2.24) is 0 Å². The molecule has 0 N–H and O–H groups in total. The van der Waals surface area contributed by atoms with E-state index in [2.05, 4.69) is 0 Å². The highest BCUT2D eigenvalue weighted by molar-refractivity contribution is 6.23. The summed E-state index contributed by atoms with van der Waals surface area (Å²) in [7, 11) is 0. The van der Waals surface area contributed by atoms with Crippen LogP contribution < -0.4 is 0 Å². The van der Waals surface area contributed by atoms with Crippen molar-refractivity contribution < 1.29 is 4.39 Å². The van der Waals surface area contributed by atoms with Gasteiger partial charge < -0.3 is 0 Å². The maximum atomic E-state index is 12.6. The van der Waals surface area contributed by atoms with Crippen LogP contribution in [0.25, 0.3) is 0 Å². The number of benzene rings is 1. The monoisotopic (exact) mass is 172 g/mol. The second-order valence-corrected chi connectivity index (χ2v) is 3.93. The van der Waals surface area contributed by atoms with Crippen LogP contribution in [-0.2, 0) is 4.87 Å². The highest BCUT2D eigenvalue weighted by Gasteiger charge is 2.16. The predicted molar refractivity (Wildman–Crippen MR) is 45.3 cm³/mol. The molecule has 0 bridgehead atoms. The molecule has 0 aliphatic rings. The minimum atomic E-state index is -0.484. The van der Waals surface area contributed by atoms with Gasteiger partial charge >= 0.3 is 0 Å². The second-order valence-electron chi connectivity index (χ2n) is 2.98. The van der Waals surface area contributed by atoms with Crippen molar-refractivity contribution in [2.75, 3.05) is 0 Å². The van der Waals surface area contributed by atoms with Gasteiger partial charge in [-0.05, 0) is 31.5 Å². The van der Waals surface area contributed by atoms with Gasteiger partial charge in [-0.2, -0.15) is 0 Å². The van der Waals surface area contributed by atoms with Crippen LogP contribution in [0.3, 0.4) is 0 Å². The number of halogens is 2. The van der Waals surface area contributed by atoms with Crippen molar-refractivity contribution in [2.24, 2.45) is 0 Å². The van der Waals surface area contributed by atoms with Crippen LogP contribution in [0, 0.1) is 5.82 Å². The third kappa shape index (κ3) is 2.19. The smallest absolute Gasteiger partial charge is 0.123 e. The molecule has 0 aromatic heterocycles. The topological polar surface area (TPSA) is 0 Å². The molecule has 1 aromatic rings. The molecule has 0 unspecified atom stereocenters. The molecular formula is C9H10ClF. The molecule has 0 nitrogen and oxygen atoms in total. The zero-order valence-electron chi connectivity index (χ0n) is 6.57. The van der Waals surface area contributed by atoms with Crippen molar-refractivity contribution in [2.45, 2.75) is 18.7 Å². The molecule has 1 rings (SSSR count). The van der Waals surface area contributed by atoms with Gasteiger partial charge in [-0.1, -0.05) is 12.1 Å². The van der Waals surface area contributed by atoms with Gasteiger partial charge in [-0.15, -0.1) is 11.6 Å². The highest BCUT2D eigenvalue weighted by atomic mass is 35.5. The Hall–Kier alpha value is -0.560. The second kappa shape index (κ2) is 2.82. The van der Waals surface area contributed by atoms with Crippen LogP contribution in [0.1, 0.15) is 19.4 Å². The Kier molecular flexibility index (Phi) is 2.19. The molecule has 11 heavy (non-hydrogen) atoms. The molecule has 0 spiro atoms. The Bertz CT molecular complexity index is 250. The summed E-state index contributed by atoms with van der Waals surface area (Å²) in [5.41, 5.74) is 0.805. The average molecular weight is 173 g/mol. The zero-order chi connectivity index (χ0) is 8.48. The Balaban J connectivity index is 3.06. The molecule has 0 saturated heterocycles. The number of hydrogen-bond acceptors (Lipinski definition) is 0. The molecule has 1 aromatic carbocycles. The summed E-state index contributed by atoms with van der Waals surface area (Å²) in [5, 5.41) is 0. The lowest BCUT2D eigenvalue weighted by Gasteiger charge is -2.15. The van der Waals surface area contributed by atoms with Gasteiger partial charge in [-0.25, -0.2) is 4.39 Å². The van der Waals surface area contributed by atoms with E-state index in [4.69, 9.17) is 11.6 Å². The maximum absolute atomic E-state index is 12.6. The van der Waals surface area contributed by atoms with Gasteiger partial charge in [0, 0.05) is 0 Å². The maximum Gasteiger partial charge on any atom is 0.123 e. The van der Waals surface area contributed by atoms with Gasteiger partial charge in [0.05, 0.1) is 4.87 Å². The first kappa shape index (κ1) is 8.54. The van der Waals surface area contributed by atoms with Crippen LogP contribution in [0.4, 0.5) is 4.39 Å². The van der Waals surface area contributed by atoms with E-state index in [1.54, 1.807) is 6.07 Å². The number of alkyl halides is 1. The third-order valence-electron chi connectivity index (χ3n) is 1.51. The predicted octanol–water partition coefficient (Wildman–Crippen LogP) is 3.30. The Morgan fingerprint density at radius 2 is 2.00 bits per heavy atom. The molecule has 0 aliphatic heterocycles. The molecule has 0 atom stereocenters. The molecule has 0 heterocycles. The summed E-state index contributed by atoms with van der Waals surface area (Å²) >= 11 is 5.96. The molecule has 0 saturated carbocycles. The van der Waals surface area contributed by atoms with Crippen LogP contribution >= 0.6 is 11.6 Å². The van der Waals surface area contributed by atoms with Crippen LogP contribution in [-0.4, -0.2) is 0 Å². The van der Waals surface area contributed by atoms with Crippen molar-refractivity contribution in [3.63, 3.8) is 0 Å².